The monoisotopic (exact) mass is 1220 g/mol. The number of aliphatic carboxylic acids is 1. The topological polar surface area (TPSA) is 458 Å². The molecule has 4 rings (SSSR count). The van der Waals surface area contributed by atoms with Gasteiger partial charge in [0, 0.05) is 26.4 Å². The van der Waals surface area contributed by atoms with Crippen molar-refractivity contribution in [2.24, 2.45) is 11.7 Å². The Balaban J connectivity index is 1.65. The van der Waals surface area contributed by atoms with Crippen molar-refractivity contribution < 1.29 is 97.5 Å². The zero-order valence-corrected chi connectivity index (χ0v) is 48.9. The SMILES string of the molecule is CC(=O)N[C@@H](CCC(=O)O)C(=O)N[C@@H](CC(C)C)C(=O)N[C@@H](C)C(=O)N1CCC[C@H]1C(=O)N[C@H](C(=O)NCC(=O)N1CCC[C@H]1C(=O)NCC(N)=O)[C@@H](C)O[C@H]1O[C@H](CO)[C@H](O)[C@H](O[C@H]2O[C@H](CO)[C@H](O)[C@H](O)[C@H]2NC(C)=S)[C@H]1NC(C)=S. The van der Waals surface area contributed by atoms with E-state index < -0.39 is 196 Å². The number of carboxylic acids is 1. The summed E-state index contributed by atoms with van der Waals surface area (Å²) >= 11 is 10.6. The van der Waals surface area contributed by atoms with Crippen molar-refractivity contribution in [3.05, 3.63) is 0 Å². The van der Waals surface area contributed by atoms with E-state index in [9.17, 15) is 78.6 Å². The molecule has 0 aromatic rings. The lowest BCUT2D eigenvalue weighted by Crippen LogP contribution is -2.70. The van der Waals surface area contributed by atoms with E-state index in [-0.39, 0.29) is 61.1 Å². The average Bonchev–Trinajstić information content (AvgIpc) is 4.12. The van der Waals surface area contributed by atoms with Crippen LogP contribution in [0, 0.1) is 5.92 Å². The predicted octanol–water partition coefficient (Wildman–Crippen LogP) is -6.51. The second kappa shape index (κ2) is 32.4. The summed E-state index contributed by atoms with van der Waals surface area (Å²) in [6.07, 6.45) is -14.0. The van der Waals surface area contributed by atoms with Gasteiger partial charge in [-0.05, 0) is 72.1 Å². The lowest BCUT2D eigenvalue weighted by Gasteiger charge is -2.49. The van der Waals surface area contributed by atoms with Gasteiger partial charge < -0.3 is 108 Å². The highest BCUT2D eigenvalue weighted by Crippen LogP contribution is 2.31. The maximum Gasteiger partial charge on any atom is 0.303 e. The summed E-state index contributed by atoms with van der Waals surface area (Å²) in [6.45, 7) is 7.51. The van der Waals surface area contributed by atoms with Crippen LogP contribution in [-0.2, 0) is 66.9 Å². The van der Waals surface area contributed by atoms with Crippen LogP contribution in [0.25, 0.3) is 0 Å². The molecule has 83 heavy (non-hydrogen) atoms. The molecule has 0 bridgehead atoms. The molecule has 0 saturated carbocycles. The number of rotatable bonds is 28. The Morgan fingerprint density at radius 2 is 1.24 bits per heavy atom. The number of nitrogens with zero attached hydrogens (tertiary/aromatic N) is 2. The molecule has 33 heteroatoms. The Bertz CT molecular complexity index is 2360. The first-order valence-electron chi connectivity index (χ1n) is 27.2. The zero-order chi connectivity index (χ0) is 62.2. The number of nitrogens with two attached hydrogens (primary N) is 1. The first-order valence-corrected chi connectivity index (χ1v) is 28.1. The predicted molar refractivity (Wildman–Crippen MR) is 295 cm³/mol. The number of likely N-dealkylation sites (tertiary alicyclic amines) is 2. The molecule has 0 aliphatic carbocycles. The molecule has 31 nitrogen and oxygen atoms in total. The van der Waals surface area contributed by atoms with Crippen LogP contribution in [0.2, 0.25) is 0 Å². The molecule has 0 radical (unpaired) electrons. The van der Waals surface area contributed by atoms with E-state index in [0.717, 1.165) is 6.92 Å². The van der Waals surface area contributed by atoms with E-state index in [4.69, 9.17) is 49.1 Å². The van der Waals surface area contributed by atoms with E-state index >= 15 is 0 Å². The van der Waals surface area contributed by atoms with Crippen LogP contribution in [0.4, 0.5) is 0 Å². The molecule has 4 aliphatic rings. The lowest BCUT2D eigenvalue weighted by atomic mass is 9.94. The third kappa shape index (κ3) is 19.9. The number of carbonyl (C=O) groups is 10. The van der Waals surface area contributed by atoms with Crippen LogP contribution in [0.3, 0.4) is 0 Å². The maximum atomic E-state index is 14.6. The third-order valence-corrected chi connectivity index (χ3v) is 14.4. The van der Waals surface area contributed by atoms with Gasteiger partial charge in [0.2, 0.25) is 53.2 Å². The van der Waals surface area contributed by atoms with Crippen molar-refractivity contribution in [1.82, 2.24) is 52.3 Å². The van der Waals surface area contributed by atoms with Crippen LogP contribution < -0.4 is 48.3 Å². The summed E-state index contributed by atoms with van der Waals surface area (Å²) in [5.41, 5.74) is 5.18. The molecule has 0 spiro atoms. The van der Waals surface area contributed by atoms with Crippen molar-refractivity contribution in [2.45, 2.75) is 197 Å². The van der Waals surface area contributed by atoms with Crippen LogP contribution >= 0.6 is 24.4 Å². The largest absolute Gasteiger partial charge is 0.481 e. The minimum Gasteiger partial charge on any atom is -0.481 e. The first kappa shape index (κ1) is 69.6. The number of hydrogen-bond acceptors (Lipinski definition) is 21. The average molecular weight is 1220 g/mol. The van der Waals surface area contributed by atoms with Gasteiger partial charge in [-0.3, -0.25) is 47.9 Å². The minimum atomic E-state index is -1.78. The van der Waals surface area contributed by atoms with Gasteiger partial charge in [-0.2, -0.15) is 0 Å². The Morgan fingerprint density at radius 1 is 0.675 bits per heavy atom. The fourth-order valence-electron chi connectivity index (χ4n) is 10.1. The number of primary amides is 1. The third-order valence-electron chi connectivity index (χ3n) is 14.1. The van der Waals surface area contributed by atoms with Gasteiger partial charge in [-0.1, -0.05) is 38.3 Å². The maximum absolute atomic E-state index is 14.6. The molecule has 4 heterocycles. The van der Waals surface area contributed by atoms with E-state index in [2.05, 4.69) is 42.5 Å². The van der Waals surface area contributed by atoms with Crippen LogP contribution in [-0.4, -0.2) is 253 Å². The van der Waals surface area contributed by atoms with Gasteiger partial charge in [0.05, 0.1) is 42.4 Å². The van der Waals surface area contributed by atoms with Crippen molar-refractivity contribution in [3.63, 3.8) is 0 Å². The molecule has 0 unspecified atom stereocenters. The summed E-state index contributed by atoms with van der Waals surface area (Å²) < 4.78 is 24.6. The Kier molecular flexibility index (Phi) is 27.2. The molecule has 0 aromatic carbocycles. The second-order valence-electron chi connectivity index (χ2n) is 21.2. The molecule has 17 atom stereocenters. The highest BCUT2D eigenvalue weighted by Gasteiger charge is 2.53. The number of nitrogens with one attached hydrogen (secondary N) is 8. The fourth-order valence-corrected chi connectivity index (χ4v) is 10.4. The molecule has 4 saturated heterocycles. The number of thiocarbonyl (C=S) groups is 2. The number of hydrogen-bond donors (Lipinski definition) is 15. The van der Waals surface area contributed by atoms with Crippen LogP contribution in [0.1, 0.15) is 93.4 Å². The lowest BCUT2D eigenvalue weighted by molar-refractivity contribution is -0.331. The quantitative estimate of drug-likeness (QED) is 0.0324. The van der Waals surface area contributed by atoms with E-state index in [0.29, 0.717) is 6.42 Å². The number of carboxylic acid groups (broad SMARTS) is 1. The van der Waals surface area contributed by atoms with E-state index in [1.165, 1.54) is 37.5 Å². The second-order valence-corrected chi connectivity index (χ2v) is 22.5. The zero-order valence-electron chi connectivity index (χ0n) is 47.3. The summed E-state index contributed by atoms with van der Waals surface area (Å²) in [5, 5.41) is 83.9. The standard InChI is InChI=1S/C50H81N11O20S2/c1-21(2)16-28(58-43(72)27(55-24(5)64)12-13-35(67)68)44(73)54-22(3)48(77)61-15-9-11-30(61)46(75)59-36(47(76)53-18-34(66)60-14-8-10-29(60)45(74)52-17-33(51)65)23(4)78-50-38(57-26(7)83)42(40(70)32(20-63)80-50)81-49-37(56-25(6)82)41(71)39(69)31(19-62)79-49/h21-23,27-32,36-42,49-50,62-63,69-71H,8-20H2,1-7H3,(H2,51,65)(H,52,74)(H,53,76)(H,54,73)(H,55,64)(H,56,82)(H,57,83)(H,58,72)(H,59,75)(H,67,68)/t22-,23+,27-,28-,29-,30-,31+,32+,36-,37+,38+,39-,40-,41+,42+,49+,50-/m0/s1. The Labute approximate surface area is 489 Å². The van der Waals surface area contributed by atoms with Gasteiger partial charge in [-0.25, -0.2) is 0 Å². The summed E-state index contributed by atoms with van der Waals surface area (Å²) in [6, 6.07) is -10.7. The minimum absolute atomic E-state index is 0.000672. The molecule has 16 N–H and O–H groups in total. The number of carbonyl (C=O) groups excluding carboxylic acids is 9. The summed E-state index contributed by atoms with van der Waals surface area (Å²) in [7, 11) is 0. The van der Waals surface area contributed by atoms with Gasteiger partial charge in [-0.15, -0.1) is 0 Å². The fraction of sp³-hybridized carbons (Fsp3) is 0.760. The number of ether oxygens (including phenoxy) is 4. The smallest absolute Gasteiger partial charge is 0.303 e. The van der Waals surface area contributed by atoms with Crippen molar-refractivity contribution in [1.29, 1.82) is 0 Å². The van der Waals surface area contributed by atoms with Crippen molar-refractivity contribution in [2.75, 3.05) is 39.4 Å². The summed E-state index contributed by atoms with van der Waals surface area (Å²) in [5.74, 6) is -8.57. The van der Waals surface area contributed by atoms with E-state index in [1.54, 1.807) is 13.8 Å². The molecule has 4 aliphatic heterocycles. The van der Waals surface area contributed by atoms with Crippen LogP contribution in [0.5, 0.6) is 0 Å². The van der Waals surface area contributed by atoms with Crippen molar-refractivity contribution in [3.8, 4) is 0 Å². The molecule has 0 aromatic heterocycles. The van der Waals surface area contributed by atoms with Crippen molar-refractivity contribution >= 4 is 93.5 Å². The van der Waals surface area contributed by atoms with Gasteiger partial charge in [0.15, 0.2) is 12.6 Å². The molecule has 468 valence electrons. The van der Waals surface area contributed by atoms with Gasteiger partial charge in [0.25, 0.3) is 0 Å². The normalized spacial score (nSPS) is 27.8. The highest BCUT2D eigenvalue weighted by molar-refractivity contribution is 7.80. The van der Waals surface area contributed by atoms with Gasteiger partial charge in [0.1, 0.15) is 85.0 Å². The summed E-state index contributed by atoms with van der Waals surface area (Å²) in [4.78, 5) is 134. The molecule has 9 amide bonds. The van der Waals surface area contributed by atoms with Gasteiger partial charge >= 0.3 is 5.97 Å². The molecule has 4 fully saturated rings. The van der Waals surface area contributed by atoms with Crippen LogP contribution in [0.15, 0.2) is 0 Å². The number of amides is 9. The highest BCUT2D eigenvalue weighted by atomic mass is 32.1. The Morgan fingerprint density at radius 3 is 1.81 bits per heavy atom. The van der Waals surface area contributed by atoms with E-state index in [1.807, 2.05) is 0 Å². The molecular formula is C50H81N11O20S2. The number of aliphatic hydroxyl groups excluding tert-OH is 5. The number of aliphatic hydroxyl groups is 5. The Hall–Kier alpha value is -5.88. The first-order chi connectivity index (χ1) is 39.0. The molecular weight excluding hydrogens is 1140 g/mol.